The van der Waals surface area contributed by atoms with Gasteiger partial charge in [-0.3, -0.25) is 0 Å². The van der Waals surface area contributed by atoms with Crippen LogP contribution in [0.3, 0.4) is 0 Å². The Balaban J connectivity index is 2.99. The molecular formula is C5H7IN2O3S. The van der Waals surface area contributed by atoms with Crippen LogP contribution in [0, 0.1) is 3.57 Å². The van der Waals surface area contributed by atoms with Crippen molar-refractivity contribution in [3.05, 3.63) is 9.33 Å². The first-order chi connectivity index (χ1) is 5.40. The zero-order valence-corrected chi connectivity index (χ0v) is 9.22. The third kappa shape index (κ3) is 2.34. The van der Waals surface area contributed by atoms with Crippen molar-refractivity contribution in [3.8, 4) is 0 Å². The van der Waals surface area contributed by atoms with Crippen molar-refractivity contribution < 1.29 is 12.9 Å². The van der Waals surface area contributed by atoms with Gasteiger partial charge in [0, 0.05) is 6.26 Å². The normalized spacial score (nSPS) is 11.8. The first kappa shape index (κ1) is 9.78. The Morgan fingerprint density at radius 1 is 1.67 bits per heavy atom. The number of anilines is 1. The maximum absolute atomic E-state index is 10.8. The predicted molar refractivity (Wildman–Crippen MR) is 52.2 cm³/mol. The van der Waals surface area contributed by atoms with E-state index in [-0.39, 0.29) is 11.6 Å². The molecule has 0 radical (unpaired) electrons. The van der Waals surface area contributed by atoms with E-state index < -0.39 is 9.84 Å². The molecule has 0 amide bonds. The Kier molecular flexibility index (Phi) is 2.61. The van der Waals surface area contributed by atoms with Crippen molar-refractivity contribution in [3.63, 3.8) is 0 Å². The lowest BCUT2D eigenvalue weighted by atomic mass is 10.5. The third-order valence-electron chi connectivity index (χ3n) is 1.12. The minimum atomic E-state index is -3.08. The van der Waals surface area contributed by atoms with E-state index in [1.807, 2.05) is 22.6 Å². The molecule has 12 heavy (non-hydrogen) atoms. The van der Waals surface area contributed by atoms with Crippen LogP contribution in [0.2, 0.25) is 0 Å². The van der Waals surface area contributed by atoms with Gasteiger partial charge in [-0.25, -0.2) is 8.42 Å². The summed E-state index contributed by atoms with van der Waals surface area (Å²) in [4.78, 5) is 0. The quantitative estimate of drug-likeness (QED) is 0.799. The van der Waals surface area contributed by atoms with Gasteiger partial charge in [0.25, 0.3) is 0 Å². The third-order valence-corrected chi connectivity index (χ3v) is 3.06. The molecule has 1 aromatic rings. The summed E-state index contributed by atoms with van der Waals surface area (Å²) in [5, 5.41) is 3.43. The van der Waals surface area contributed by atoms with Gasteiger partial charge in [0.2, 0.25) is 0 Å². The second-order valence-electron chi connectivity index (χ2n) is 2.38. The maximum Gasteiger partial charge on any atom is 0.180 e. The van der Waals surface area contributed by atoms with Crippen molar-refractivity contribution in [1.82, 2.24) is 5.16 Å². The highest BCUT2D eigenvalue weighted by atomic mass is 127. The molecule has 0 bridgehead atoms. The fraction of sp³-hybridized carbons (Fsp3) is 0.400. The van der Waals surface area contributed by atoms with Crippen molar-refractivity contribution in [1.29, 1.82) is 0 Å². The topological polar surface area (TPSA) is 86.2 Å². The number of nitrogen functional groups attached to an aromatic ring is 1. The molecule has 1 heterocycles. The van der Waals surface area contributed by atoms with Crippen LogP contribution >= 0.6 is 22.6 Å². The molecule has 0 aromatic carbocycles. The number of aromatic nitrogens is 1. The minimum Gasteiger partial charge on any atom is -0.380 e. The van der Waals surface area contributed by atoms with Gasteiger partial charge in [-0.05, 0) is 22.6 Å². The standard InChI is InChI=1S/C5H7IN2O3S/c1-12(9,10)2-3-4(6)5(7)8-11-3/h2H2,1H3,(H2,7,8). The van der Waals surface area contributed by atoms with E-state index in [0.29, 0.717) is 9.33 Å². The highest BCUT2D eigenvalue weighted by Gasteiger charge is 2.15. The van der Waals surface area contributed by atoms with Gasteiger partial charge in [0.15, 0.2) is 21.4 Å². The van der Waals surface area contributed by atoms with Crippen LogP contribution in [0.5, 0.6) is 0 Å². The Morgan fingerprint density at radius 2 is 2.25 bits per heavy atom. The molecular weight excluding hydrogens is 295 g/mol. The Hall–Kier alpha value is -0.310. The average Bonchev–Trinajstić information content (AvgIpc) is 2.16. The molecule has 0 atom stereocenters. The van der Waals surface area contributed by atoms with E-state index in [0.717, 1.165) is 6.26 Å². The molecule has 5 nitrogen and oxygen atoms in total. The van der Waals surface area contributed by atoms with E-state index in [4.69, 9.17) is 10.3 Å². The zero-order chi connectivity index (χ0) is 9.35. The van der Waals surface area contributed by atoms with Crippen molar-refractivity contribution in [2.24, 2.45) is 0 Å². The number of halogens is 1. The lowest BCUT2D eigenvalue weighted by Gasteiger charge is -1.92. The van der Waals surface area contributed by atoms with Gasteiger partial charge in [-0.15, -0.1) is 0 Å². The molecule has 0 aliphatic rings. The van der Waals surface area contributed by atoms with E-state index >= 15 is 0 Å². The Bertz CT molecular complexity index is 383. The van der Waals surface area contributed by atoms with E-state index in [9.17, 15) is 8.42 Å². The Labute approximate surface area is 83.4 Å². The highest BCUT2D eigenvalue weighted by Crippen LogP contribution is 2.19. The van der Waals surface area contributed by atoms with Crippen molar-refractivity contribution in [2.75, 3.05) is 12.0 Å². The SMILES string of the molecule is CS(=O)(=O)Cc1onc(N)c1I. The lowest BCUT2D eigenvalue weighted by molar-refractivity contribution is 0.395. The molecule has 0 fully saturated rings. The van der Waals surface area contributed by atoms with Gasteiger partial charge in [0.05, 0.1) is 0 Å². The summed E-state index contributed by atoms with van der Waals surface area (Å²) in [7, 11) is -3.08. The monoisotopic (exact) mass is 302 g/mol. The number of sulfone groups is 1. The van der Waals surface area contributed by atoms with Crippen LogP contribution in [0.15, 0.2) is 4.52 Å². The van der Waals surface area contributed by atoms with Crippen LogP contribution in [-0.2, 0) is 15.6 Å². The van der Waals surface area contributed by atoms with Crippen molar-refractivity contribution in [2.45, 2.75) is 5.75 Å². The smallest absolute Gasteiger partial charge is 0.180 e. The second kappa shape index (κ2) is 3.21. The van der Waals surface area contributed by atoms with E-state index in [1.165, 1.54) is 0 Å². The van der Waals surface area contributed by atoms with Gasteiger partial charge < -0.3 is 10.3 Å². The van der Waals surface area contributed by atoms with Gasteiger partial charge >= 0.3 is 0 Å². The first-order valence-corrected chi connectivity index (χ1v) is 6.11. The fourth-order valence-corrected chi connectivity index (χ4v) is 1.97. The molecule has 0 aliphatic carbocycles. The first-order valence-electron chi connectivity index (χ1n) is 2.97. The molecule has 1 rings (SSSR count). The summed E-state index contributed by atoms with van der Waals surface area (Å²) in [5.74, 6) is 0.375. The summed E-state index contributed by atoms with van der Waals surface area (Å²) in [6.07, 6.45) is 1.13. The van der Waals surface area contributed by atoms with Crippen LogP contribution in [0.25, 0.3) is 0 Å². The summed E-state index contributed by atoms with van der Waals surface area (Å²) < 4.78 is 26.9. The van der Waals surface area contributed by atoms with Gasteiger partial charge in [0.1, 0.15) is 9.32 Å². The number of rotatable bonds is 2. The Morgan fingerprint density at radius 3 is 2.58 bits per heavy atom. The van der Waals surface area contributed by atoms with Gasteiger partial charge in [-0.2, -0.15) is 0 Å². The summed E-state index contributed by atoms with van der Waals surface area (Å²) in [6, 6.07) is 0. The van der Waals surface area contributed by atoms with Gasteiger partial charge in [-0.1, -0.05) is 5.16 Å². The van der Waals surface area contributed by atoms with E-state index in [1.54, 1.807) is 0 Å². The molecule has 7 heteroatoms. The molecule has 0 unspecified atom stereocenters. The molecule has 68 valence electrons. The van der Waals surface area contributed by atoms with Crippen LogP contribution in [-0.4, -0.2) is 19.8 Å². The molecule has 2 N–H and O–H groups in total. The molecule has 0 saturated heterocycles. The second-order valence-corrected chi connectivity index (χ2v) is 5.59. The van der Waals surface area contributed by atoms with Crippen molar-refractivity contribution >= 4 is 38.2 Å². The minimum absolute atomic E-state index is 0.157. The fourth-order valence-electron chi connectivity index (χ4n) is 0.655. The average molecular weight is 302 g/mol. The molecule has 0 spiro atoms. The lowest BCUT2D eigenvalue weighted by Crippen LogP contribution is -2.01. The summed E-state index contributed by atoms with van der Waals surface area (Å²) in [5.41, 5.74) is 5.35. The summed E-state index contributed by atoms with van der Waals surface area (Å²) in [6.45, 7) is 0. The van der Waals surface area contributed by atoms with E-state index in [2.05, 4.69) is 5.16 Å². The molecule has 1 aromatic heterocycles. The largest absolute Gasteiger partial charge is 0.380 e. The zero-order valence-electron chi connectivity index (χ0n) is 6.24. The predicted octanol–water partition coefficient (Wildman–Crippen LogP) is 0.406. The van der Waals surface area contributed by atoms with Crippen LogP contribution in [0.1, 0.15) is 5.76 Å². The maximum atomic E-state index is 10.8. The highest BCUT2D eigenvalue weighted by molar-refractivity contribution is 14.1. The number of nitrogens with zero attached hydrogens (tertiary/aromatic N) is 1. The number of hydrogen-bond acceptors (Lipinski definition) is 5. The molecule has 0 aliphatic heterocycles. The summed E-state index contributed by atoms with van der Waals surface area (Å²) >= 11 is 1.89. The van der Waals surface area contributed by atoms with Crippen LogP contribution in [0.4, 0.5) is 5.82 Å². The number of nitrogens with two attached hydrogens (primary N) is 1. The molecule has 0 saturated carbocycles. The van der Waals surface area contributed by atoms with Crippen LogP contribution < -0.4 is 5.73 Å². The number of hydrogen-bond donors (Lipinski definition) is 1.